The average Bonchev–Trinajstić information content (AvgIpc) is 2.66. The molecule has 0 aliphatic heterocycles. The fourth-order valence-electron chi connectivity index (χ4n) is 1.16. The first-order valence-corrected chi connectivity index (χ1v) is 5.87. The second-order valence-corrected chi connectivity index (χ2v) is 4.45. The van der Waals surface area contributed by atoms with Gasteiger partial charge in [-0.2, -0.15) is 0 Å². The van der Waals surface area contributed by atoms with Crippen molar-refractivity contribution < 1.29 is 9.90 Å². The summed E-state index contributed by atoms with van der Waals surface area (Å²) in [5.41, 5.74) is 0.985. The topological polar surface area (TPSA) is 40.5 Å². The molecule has 0 bridgehead atoms. The summed E-state index contributed by atoms with van der Waals surface area (Å²) < 4.78 is 0. The van der Waals surface area contributed by atoms with Gasteiger partial charge in [-0.1, -0.05) is 11.8 Å². The first kappa shape index (κ1) is 12.8. The van der Waals surface area contributed by atoms with Gasteiger partial charge in [0.15, 0.2) is 0 Å². The Kier molecular flexibility index (Phi) is 4.53. The highest BCUT2D eigenvalue weighted by Gasteiger charge is 2.14. The lowest BCUT2D eigenvalue weighted by atomic mass is 10.2. The van der Waals surface area contributed by atoms with E-state index in [0.717, 1.165) is 10.4 Å². The van der Waals surface area contributed by atoms with E-state index >= 15 is 0 Å². The Morgan fingerprint density at radius 2 is 2.31 bits per heavy atom. The Hall–Kier alpha value is -1.31. The minimum absolute atomic E-state index is 0.0210. The summed E-state index contributed by atoms with van der Waals surface area (Å²) in [7, 11) is 1.77. The summed E-state index contributed by atoms with van der Waals surface area (Å²) in [6, 6.07) is 1.85. The lowest BCUT2D eigenvalue weighted by molar-refractivity contribution is 0.0807. The smallest absolute Gasteiger partial charge is 0.263 e. The van der Waals surface area contributed by atoms with Crippen LogP contribution in [0.25, 0.3) is 0 Å². The number of rotatable bonds is 2. The third kappa shape index (κ3) is 2.84. The van der Waals surface area contributed by atoms with Crippen molar-refractivity contribution in [2.75, 3.05) is 20.2 Å². The highest BCUT2D eigenvalue weighted by atomic mass is 32.1. The lowest BCUT2D eigenvalue weighted by Gasteiger charge is -2.12. The highest BCUT2D eigenvalue weighted by Crippen LogP contribution is 2.22. The molecule has 1 N–H and O–H groups in total. The van der Waals surface area contributed by atoms with Crippen LogP contribution in [0.3, 0.4) is 0 Å². The zero-order chi connectivity index (χ0) is 12.1. The van der Waals surface area contributed by atoms with Crippen LogP contribution >= 0.6 is 11.3 Å². The number of carbonyl (C=O) groups excluding carboxylic acids is 1. The Bertz CT molecular complexity index is 440. The number of nitrogens with zero attached hydrogens (tertiary/aromatic N) is 1. The zero-order valence-corrected chi connectivity index (χ0v) is 10.5. The Morgan fingerprint density at radius 1 is 1.62 bits per heavy atom. The largest absolute Gasteiger partial charge is 0.384 e. The van der Waals surface area contributed by atoms with Crippen molar-refractivity contribution in [1.29, 1.82) is 0 Å². The van der Waals surface area contributed by atoms with E-state index in [1.54, 1.807) is 11.9 Å². The Labute approximate surface area is 99.7 Å². The molecule has 0 aliphatic carbocycles. The standard InChI is InChI=1S/C12H15NO2S/c1-4-13(3)12(15)11-8-9(2)10(16-11)6-5-7-14/h8,14H,4,7H2,1-3H3. The van der Waals surface area contributed by atoms with Crippen LogP contribution < -0.4 is 0 Å². The van der Waals surface area contributed by atoms with E-state index in [1.165, 1.54) is 11.3 Å². The van der Waals surface area contributed by atoms with Crippen LogP contribution in [0.1, 0.15) is 27.0 Å². The molecular formula is C12H15NO2S. The predicted octanol–water partition coefficient (Wildman–Crippen LogP) is 1.49. The first-order valence-electron chi connectivity index (χ1n) is 5.05. The number of amides is 1. The maximum Gasteiger partial charge on any atom is 0.263 e. The number of carbonyl (C=O) groups is 1. The molecule has 0 saturated heterocycles. The van der Waals surface area contributed by atoms with Crippen LogP contribution in [0.15, 0.2) is 6.07 Å². The molecule has 1 amide bonds. The molecule has 0 spiro atoms. The normalized spacial score (nSPS) is 9.50. The maximum absolute atomic E-state index is 11.9. The highest BCUT2D eigenvalue weighted by molar-refractivity contribution is 7.14. The van der Waals surface area contributed by atoms with E-state index < -0.39 is 0 Å². The van der Waals surface area contributed by atoms with E-state index in [2.05, 4.69) is 11.8 Å². The van der Waals surface area contributed by atoms with Crippen molar-refractivity contribution >= 4 is 17.2 Å². The third-order valence-electron chi connectivity index (χ3n) is 2.23. The van der Waals surface area contributed by atoms with E-state index in [0.29, 0.717) is 11.4 Å². The number of aryl methyl sites for hydroxylation is 1. The molecule has 0 aliphatic rings. The summed E-state index contributed by atoms with van der Waals surface area (Å²) in [5.74, 6) is 5.46. The van der Waals surface area contributed by atoms with Crippen molar-refractivity contribution in [2.24, 2.45) is 0 Å². The number of aliphatic hydroxyl groups excluding tert-OH is 1. The third-order valence-corrected chi connectivity index (χ3v) is 3.37. The van der Waals surface area contributed by atoms with Crippen LogP contribution in [-0.4, -0.2) is 36.1 Å². The van der Waals surface area contributed by atoms with Crippen molar-refractivity contribution in [3.8, 4) is 11.8 Å². The van der Waals surface area contributed by atoms with Gasteiger partial charge < -0.3 is 10.0 Å². The second kappa shape index (κ2) is 5.69. The number of hydrogen-bond donors (Lipinski definition) is 1. The number of hydrogen-bond acceptors (Lipinski definition) is 3. The minimum Gasteiger partial charge on any atom is -0.384 e. The molecule has 1 aromatic rings. The summed E-state index contributed by atoms with van der Waals surface area (Å²) in [6.45, 7) is 4.38. The number of aliphatic hydroxyl groups is 1. The average molecular weight is 237 g/mol. The predicted molar refractivity (Wildman–Crippen MR) is 65.7 cm³/mol. The molecular weight excluding hydrogens is 222 g/mol. The molecule has 3 nitrogen and oxygen atoms in total. The van der Waals surface area contributed by atoms with Crippen molar-refractivity contribution in [3.63, 3.8) is 0 Å². The van der Waals surface area contributed by atoms with E-state index in [9.17, 15) is 4.79 Å². The Morgan fingerprint density at radius 3 is 2.88 bits per heavy atom. The molecule has 86 valence electrons. The van der Waals surface area contributed by atoms with E-state index in [1.807, 2.05) is 19.9 Å². The fraction of sp³-hybridized carbons (Fsp3) is 0.417. The van der Waals surface area contributed by atoms with Gasteiger partial charge in [0.1, 0.15) is 6.61 Å². The van der Waals surface area contributed by atoms with Crippen LogP contribution in [0.2, 0.25) is 0 Å². The van der Waals surface area contributed by atoms with Crippen LogP contribution in [0.5, 0.6) is 0 Å². The molecule has 1 rings (SSSR count). The summed E-state index contributed by atoms with van der Waals surface area (Å²) in [5, 5.41) is 8.62. The summed E-state index contributed by atoms with van der Waals surface area (Å²) >= 11 is 1.38. The molecule has 0 fully saturated rings. The first-order chi connectivity index (χ1) is 7.60. The van der Waals surface area contributed by atoms with Crippen molar-refractivity contribution in [3.05, 3.63) is 21.4 Å². The van der Waals surface area contributed by atoms with Gasteiger partial charge in [-0.25, -0.2) is 0 Å². The molecule has 16 heavy (non-hydrogen) atoms. The van der Waals surface area contributed by atoms with Gasteiger partial charge in [0.2, 0.25) is 0 Å². The van der Waals surface area contributed by atoms with E-state index in [4.69, 9.17) is 5.11 Å². The van der Waals surface area contributed by atoms with Crippen LogP contribution in [-0.2, 0) is 0 Å². The molecule has 0 radical (unpaired) electrons. The van der Waals surface area contributed by atoms with Gasteiger partial charge in [-0.05, 0) is 25.5 Å². The maximum atomic E-state index is 11.9. The molecule has 0 unspecified atom stereocenters. The molecule has 1 aromatic heterocycles. The minimum atomic E-state index is -0.157. The van der Waals surface area contributed by atoms with E-state index in [-0.39, 0.29) is 12.5 Å². The zero-order valence-electron chi connectivity index (χ0n) is 9.70. The quantitative estimate of drug-likeness (QED) is 0.792. The molecule has 0 aromatic carbocycles. The van der Waals surface area contributed by atoms with Crippen LogP contribution in [0.4, 0.5) is 0 Å². The van der Waals surface area contributed by atoms with Gasteiger partial charge in [0, 0.05) is 13.6 Å². The van der Waals surface area contributed by atoms with Crippen LogP contribution in [0, 0.1) is 18.8 Å². The van der Waals surface area contributed by atoms with Crippen molar-refractivity contribution in [2.45, 2.75) is 13.8 Å². The summed E-state index contributed by atoms with van der Waals surface area (Å²) in [4.78, 5) is 15.1. The van der Waals surface area contributed by atoms with Gasteiger partial charge in [-0.3, -0.25) is 4.79 Å². The Balaban J connectivity index is 2.96. The van der Waals surface area contributed by atoms with Gasteiger partial charge >= 0.3 is 0 Å². The van der Waals surface area contributed by atoms with Gasteiger partial charge in [-0.15, -0.1) is 11.3 Å². The SMILES string of the molecule is CCN(C)C(=O)c1cc(C)c(C#CCO)s1. The fourth-order valence-corrected chi connectivity index (χ4v) is 2.20. The van der Waals surface area contributed by atoms with Crippen molar-refractivity contribution in [1.82, 2.24) is 4.90 Å². The number of thiophene rings is 1. The molecule has 1 heterocycles. The second-order valence-electron chi connectivity index (χ2n) is 3.40. The van der Waals surface area contributed by atoms with Gasteiger partial charge in [0.05, 0.1) is 9.75 Å². The monoisotopic (exact) mass is 237 g/mol. The van der Waals surface area contributed by atoms with Gasteiger partial charge in [0.25, 0.3) is 5.91 Å². The molecule has 0 atom stereocenters. The lowest BCUT2D eigenvalue weighted by Crippen LogP contribution is -2.25. The molecule has 4 heteroatoms. The molecule has 0 saturated carbocycles. The summed E-state index contributed by atoms with van der Waals surface area (Å²) in [6.07, 6.45) is 0.